The first-order chi connectivity index (χ1) is 3.84. The van der Waals surface area contributed by atoms with Crippen molar-refractivity contribution in [3.8, 4) is 0 Å². The van der Waals surface area contributed by atoms with Gasteiger partial charge in [-0.05, 0) is 0 Å². The average Bonchev–Trinajstić information content (AvgIpc) is 2.14. The minimum absolute atomic E-state index is 0.153. The quantitative estimate of drug-likeness (QED) is 0.538. The molecule has 5 heteroatoms. The summed E-state index contributed by atoms with van der Waals surface area (Å²) in [5.74, 6) is 0. The molecule has 0 amide bonds. The summed E-state index contributed by atoms with van der Waals surface area (Å²) in [4.78, 5) is 10.5. The lowest BCUT2D eigenvalue weighted by molar-refractivity contribution is 0.862. The molecule has 44 valence electrons. The van der Waals surface area contributed by atoms with E-state index in [1.54, 1.807) is 0 Å². The standard InChI is InChI=1S/C3H4IN3O/c4-1-7-2-5-6-3(7)8/h2H,1H2,(H,6,8). The van der Waals surface area contributed by atoms with E-state index in [0.29, 0.717) is 4.55 Å². The van der Waals surface area contributed by atoms with E-state index in [1.165, 1.54) is 10.9 Å². The zero-order valence-electron chi connectivity index (χ0n) is 3.97. The van der Waals surface area contributed by atoms with Crippen molar-refractivity contribution in [1.82, 2.24) is 14.8 Å². The van der Waals surface area contributed by atoms with Crippen molar-refractivity contribution in [3.05, 3.63) is 16.8 Å². The Morgan fingerprint density at radius 3 is 3.00 bits per heavy atom. The monoisotopic (exact) mass is 225 g/mol. The maximum Gasteiger partial charge on any atom is 0.343 e. The van der Waals surface area contributed by atoms with Gasteiger partial charge >= 0.3 is 5.69 Å². The topological polar surface area (TPSA) is 50.7 Å². The molecule has 1 rings (SSSR count). The Morgan fingerprint density at radius 2 is 2.75 bits per heavy atom. The van der Waals surface area contributed by atoms with E-state index in [2.05, 4.69) is 32.8 Å². The van der Waals surface area contributed by atoms with Crippen LogP contribution in [-0.4, -0.2) is 14.8 Å². The van der Waals surface area contributed by atoms with Gasteiger partial charge in [0.1, 0.15) is 6.33 Å². The molecule has 1 aromatic heterocycles. The highest BCUT2D eigenvalue weighted by Crippen LogP contribution is 1.83. The van der Waals surface area contributed by atoms with Crippen LogP contribution in [0.25, 0.3) is 0 Å². The minimum atomic E-state index is -0.153. The number of hydrogen-bond acceptors (Lipinski definition) is 2. The predicted octanol–water partition coefficient (Wildman–Crippen LogP) is -0.0361. The van der Waals surface area contributed by atoms with Crippen LogP contribution in [0.4, 0.5) is 0 Å². The van der Waals surface area contributed by atoms with E-state index in [4.69, 9.17) is 0 Å². The first-order valence-electron chi connectivity index (χ1n) is 2.00. The predicted molar refractivity (Wildman–Crippen MR) is 36.9 cm³/mol. The van der Waals surface area contributed by atoms with Gasteiger partial charge in [0.05, 0.1) is 4.55 Å². The van der Waals surface area contributed by atoms with Crippen LogP contribution < -0.4 is 5.69 Å². The smallest absolute Gasteiger partial charge is 0.272 e. The molecule has 0 saturated carbocycles. The van der Waals surface area contributed by atoms with Crippen LogP contribution in [0.2, 0.25) is 0 Å². The highest BCUT2D eigenvalue weighted by Gasteiger charge is 1.89. The molecule has 0 atom stereocenters. The molecular formula is C3H4IN3O. The van der Waals surface area contributed by atoms with Crippen molar-refractivity contribution in [2.45, 2.75) is 4.55 Å². The molecule has 0 unspecified atom stereocenters. The summed E-state index contributed by atoms with van der Waals surface area (Å²) in [7, 11) is 0. The van der Waals surface area contributed by atoms with Gasteiger partial charge in [0.15, 0.2) is 0 Å². The van der Waals surface area contributed by atoms with E-state index >= 15 is 0 Å². The number of nitrogens with one attached hydrogen (secondary N) is 1. The number of alkyl halides is 1. The maximum atomic E-state index is 10.5. The van der Waals surface area contributed by atoms with Crippen LogP contribution in [-0.2, 0) is 4.55 Å². The lowest BCUT2D eigenvalue weighted by atomic mass is 11.1. The normalized spacial score (nSPS) is 9.62. The Labute approximate surface area is 59.0 Å². The zero-order valence-corrected chi connectivity index (χ0v) is 6.12. The highest BCUT2D eigenvalue weighted by molar-refractivity contribution is 14.1. The van der Waals surface area contributed by atoms with Crippen molar-refractivity contribution in [1.29, 1.82) is 0 Å². The van der Waals surface area contributed by atoms with E-state index in [1.807, 2.05) is 0 Å². The zero-order chi connectivity index (χ0) is 5.98. The van der Waals surface area contributed by atoms with Gasteiger partial charge in [0, 0.05) is 0 Å². The number of halogens is 1. The van der Waals surface area contributed by atoms with Crippen LogP contribution in [0.3, 0.4) is 0 Å². The van der Waals surface area contributed by atoms with Gasteiger partial charge in [-0.15, -0.1) is 0 Å². The Balaban J connectivity index is 3.11. The second kappa shape index (κ2) is 2.29. The van der Waals surface area contributed by atoms with E-state index in [9.17, 15) is 4.79 Å². The number of hydrogen-bond donors (Lipinski definition) is 1. The molecule has 0 saturated heterocycles. The molecule has 0 aliphatic rings. The van der Waals surface area contributed by atoms with Crippen LogP contribution in [0.1, 0.15) is 0 Å². The summed E-state index contributed by atoms with van der Waals surface area (Å²) in [6, 6.07) is 0. The van der Waals surface area contributed by atoms with E-state index in [0.717, 1.165) is 0 Å². The lowest BCUT2D eigenvalue weighted by Crippen LogP contribution is -2.13. The molecule has 0 radical (unpaired) electrons. The lowest BCUT2D eigenvalue weighted by Gasteiger charge is -1.83. The Hall–Kier alpha value is -0.330. The van der Waals surface area contributed by atoms with Crippen molar-refractivity contribution < 1.29 is 0 Å². The Bertz CT molecular complexity index is 214. The molecule has 1 heterocycles. The van der Waals surface area contributed by atoms with Crippen LogP contribution in [0.15, 0.2) is 11.1 Å². The fourth-order valence-electron chi connectivity index (χ4n) is 0.356. The number of aromatic nitrogens is 3. The van der Waals surface area contributed by atoms with Crippen LogP contribution in [0, 0.1) is 0 Å². The fourth-order valence-corrected chi connectivity index (χ4v) is 0.842. The molecule has 1 N–H and O–H groups in total. The summed E-state index contributed by atoms with van der Waals surface area (Å²) >= 11 is 2.08. The molecule has 0 spiro atoms. The van der Waals surface area contributed by atoms with Gasteiger partial charge in [0.25, 0.3) is 0 Å². The SMILES string of the molecule is O=c1[nH]ncn1CI. The van der Waals surface area contributed by atoms with Crippen molar-refractivity contribution >= 4 is 22.6 Å². The van der Waals surface area contributed by atoms with Gasteiger partial charge in [-0.1, -0.05) is 22.6 Å². The summed E-state index contributed by atoms with van der Waals surface area (Å²) < 4.78 is 2.12. The molecule has 0 bridgehead atoms. The molecule has 0 aliphatic carbocycles. The maximum absolute atomic E-state index is 10.5. The molecule has 0 fully saturated rings. The van der Waals surface area contributed by atoms with Crippen molar-refractivity contribution in [2.75, 3.05) is 0 Å². The fraction of sp³-hybridized carbons (Fsp3) is 0.333. The van der Waals surface area contributed by atoms with Crippen molar-refractivity contribution in [3.63, 3.8) is 0 Å². The first kappa shape index (κ1) is 5.80. The van der Waals surface area contributed by atoms with Gasteiger partial charge < -0.3 is 0 Å². The number of nitrogens with zero attached hydrogens (tertiary/aromatic N) is 2. The van der Waals surface area contributed by atoms with Gasteiger partial charge in [0.2, 0.25) is 0 Å². The number of aromatic amines is 1. The molecule has 0 aliphatic heterocycles. The molecular weight excluding hydrogens is 221 g/mol. The largest absolute Gasteiger partial charge is 0.343 e. The summed E-state index contributed by atoms with van der Waals surface area (Å²) in [5.41, 5.74) is -0.153. The molecule has 0 aromatic carbocycles. The highest BCUT2D eigenvalue weighted by atomic mass is 127. The van der Waals surface area contributed by atoms with Gasteiger partial charge in [-0.2, -0.15) is 5.10 Å². The second-order valence-electron chi connectivity index (χ2n) is 1.25. The third-order valence-corrected chi connectivity index (χ3v) is 1.48. The Morgan fingerprint density at radius 1 is 2.00 bits per heavy atom. The second-order valence-corrected chi connectivity index (χ2v) is 1.93. The van der Waals surface area contributed by atoms with Gasteiger partial charge in [-0.3, -0.25) is 4.57 Å². The summed E-state index contributed by atoms with van der Waals surface area (Å²) in [5, 5.41) is 5.79. The van der Waals surface area contributed by atoms with E-state index < -0.39 is 0 Å². The minimum Gasteiger partial charge on any atom is -0.272 e. The third-order valence-electron chi connectivity index (χ3n) is 0.747. The van der Waals surface area contributed by atoms with Crippen LogP contribution >= 0.6 is 22.6 Å². The summed E-state index contributed by atoms with van der Waals surface area (Å²) in [6.45, 7) is 0. The van der Waals surface area contributed by atoms with Crippen LogP contribution in [0.5, 0.6) is 0 Å². The number of rotatable bonds is 1. The van der Waals surface area contributed by atoms with Gasteiger partial charge in [-0.25, -0.2) is 9.89 Å². The van der Waals surface area contributed by atoms with E-state index in [-0.39, 0.29) is 5.69 Å². The number of H-pyrrole nitrogens is 1. The molecule has 4 nitrogen and oxygen atoms in total. The first-order valence-corrected chi connectivity index (χ1v) is 3.53. The third kappa shape index (κ3) is 0.908. The summed E-state index contributed by atoms with van der Waals surface area (Å²) in [6.07, 6.45) is 1.47. The molecule has 8 heavy (non-hydrogen) atoms. The molecule has 1 aromatic rings. The average molecular weight is 225 g/mol. The van der Waals surface area contributed by atoms with Crippen molar-refractivity contribution in [2.24, 2.45) is 0 Å². The Kier molecular flexibility index (Phi) is 1.66.